The lowest BCUT2D eigenvalue weighted by atomic mass is 9.76. The van der Waals surface area contributed by atoms with Gasteiger partial charge in [0.15, 0.2) is 0 Å². The lowest BCUT2D eigenvalue weighted by Crippen LogP contribution is -2.41. The Bertz CT molecular complexity index is 730. The first kappa shape index (κ1) is 16.9. The second kappa shape index (κ2) is 5.86. The second-order valence-electron chi connectivity index (χ2n) is 7.02. The first-order valence-electron chi connectivity index (χ1n) is 7.93. The van der Waals surface area contributed by atoms with E-state index < -0.39 is 12.9 Å². The van der Waals surface area contributed by atoms with Gasteiger partial charge in [0, 0.05) is 6.07 Å². The van der Waals surface area contributed by atoms with Crippen molar-refractivity contribution in [3.05, 3.63) is 47.9 Å². The van der Waals surface area contributed by atoms with E-state index in [9.17, 15) is 4.39 Å². The highest BCUT2D eigenvalue weighted by molar-refractivity contribution is 6.62. The first-order chi connectivity index (χ1) is 11.2. The second-order valence-corrected chi connectivity index (χ2v) is 7.02. The van der Waals surface area contributed by atoms with Gasteiger partial charge in [-0.1, -0.05) is 6.07 Å². The van der Waals surface area contributed by atoms with Crippen molar-refractivity contribution in [3.8, 4) is 11.6 Å². The van der Waals surface area contributed by atoms with E-state index in [1.807, 2.05) is 52.8 Å². The van der Waals surface area contributed by atoms with E-state index >= 15 is 0 Å². The van der Waals surface area contributed by atoms with Crippen molar-refractivity contribution in [3.63, 3.8) is 0 Å². The van der Waals surface area contributed by atoms with Crippen LogP contribution < -0.4 is 10.2 Å². The molecule has 1 aliphatic heterocycles. The summed E-state index contributed by atoms with van der Waals surface area (Å²) in [6.07, 6.45) is 1.13. The van der Waals surface area contributed by atoms with Crippen LogP contribution in [-0.4, -0.2) is 23.3 Å². The Morgan fingerprint density at radius 2 is 1.71 bits per heavy atom. The molecule has 0 atom stereocenters. The average molecular weight is 329 g/mol. The Morgan fingerprint density at radius 3 is 2.25 bits per heavy atom. The van der Waals surface area contributed by atoms with Gasteiger partial charge in [0.1, 0.15) is 11.6 Å². The first-order valence-corrected chi connectivity index (χ1v) is 7.93. The highest BCUT2D eigenvalue weighted by Crippen LogP contribution is 2.36. The van der Waals surface area contributed by atoms with Crippen LogP contribution in [-0.2, 0) is 9.31 Å². The fraction of sp³-hybridized carbons (Fsp3) is 0.389. The predicted octanol–water partition coefficient (Wildman–Crippen LogP) is 3.62. The third-order valence-corrected chi connectivity index (χ3v) is 4.67. The number of aryl methyl sites for hydroxylation is 1. The fourth-order valence-electron chi connectivity index (χ4n) is 2.49. The Balaban J connectivity index is 1.79. The zero-order valence-corrected chi connectivity index (χ0v) is 14.6. The lowest BCUT2D eigenvalue weighted by Gasteiger charge is -2.32. The van der Waals surface area contributed by atoms with Gasteiger partial charge >= 0.3 is 7.12 Å². The van der Waals surface area contributed by atoms with Crippen LogP contribution in [0.3, 0.4) is 0 Å². The minimum Gasteiger partial charge on any atom is -0.439 e. The molecule has 0 amide bonds. The summed E-state index contributed by atoms with van der Waals surface area (Å²) in [6, 6.07) is 8.46. The SMILES string of the molecule is Cc1cc(Oc2ccc(F)cn2)ccc1B1OC(C)(C)C(C)(C)O1. The van der Waals surface area contributed by atoms with Gasteiger partial charge < -0.3 is 14.0 Å². The Hall–Kier alpha value is -1.92. The summed E-state index contributed by atoms with van der Waals surface area (Å²) < 4.78 is 30.7. The quantitative estimate of drug-likeness (QED) is 0.807. The molecule has 0 aliphatic carbocycles. The fourth-order valence-corrected chi connectivity index (χ4v) is 2.49. The summed E-state index contributed by atoms with van der Waals surface area (Å²) in [5, 5.41) is 0. The van der Waals surface area contributed by atoms with E-state index in [4.69, 9.17) is 14.0 Å². The number of hydrogen-bond acceptors (Lipinski definition) is 4. The third kappa shape index (κ3) is 3.16. The van der Waals surface area contributed by atoms with Gasteiger partial charge in [0.25, 0.3) is 0 Å². The van der Waals surface area contributed by atoms with Gasteiger partial charge in [-0.3, -0.25) is 0 Å². The summed E-state index contributed by atoms with van der Waals surface area (Å²) in [7, 11) is -0.409. The van der Waals surface area contributed by atoms with Crippen LogP contribution in [0.4, 0.5) is 4.39 Å². The van der Waals surface area contributed by atoms with Crippen molar-refractivity contribution < 1.29 is 18.4 Å². The van der Waals surface area contributed by atoms with Crippen molar-refractivity contribution in [2.24, 2.45) is 0 Å². The molecular weight excluding hydrogens is 308 g/mol. The number of nitrogens with zero attached hydrogens (tertiary/aromatic N) is 1. The molecule has 126 valence electrons. The molecule has 0 radical (unpaired) electrons. The molecule has 0 bridgehead atoms. The molecule has 2 aromatic rings. The number of halogens is 1. The Labute approximate surface area is 142 Å². The van der Waals surface area contributed by atoms with Gasteiger partial charge in [-0.25, -0.2) is 9.37 Å². The average Bonchev–Trinajstić information content (AvgIpc) is 2.70. The highest BCUT2D eigenvalue weighted by atomic mass is 19.1. The molecule has 1 aliphatic rings. The van der Waals surface area contributed by atoms with Crippen molar-refractivity contribution in [1.82, 2.24) is 4.98 Å². The minimum atomic E-state index is -0.409. The van der Waals surface area contributed by atoms with Crippen LogP contribution in [0.15, 0.2) is 36.5 Å². The van der Waals surface area contributed by atoms with Crippen molar-refractivity contribution in [2.75, 3.05) is 0 Å². The van der Waals surface area contributed by atoms with Crippen LogP contribution in [0.1, 0.15) is 33.3 Å². The van der Waals surface area contributed by atoms with Crippen molar-refractivity contribution in [2.45, 2.75) is 45.8 Å². The number of hydrogen-bond donors (Lipinski definition) is 0. The predicted molar refractivity (Wildman–Crippen MR) is 91.2 cm³/mol. The van der Waals surface area contributed by atoms with Gasteiger partial charge in [-0.15, -0.1) is 0 Å². The minimum absolute atomic E-state index is 0.346. The van der Waals surface area contributed by atoms with Gasteiger partial charge in [-0.05, 0) is 63.8 Å². The summed E-state index contributed by atoms with van der Waals surface area (Å²) in [4.78, 5) is 3.89. The zero-order chi connectivity index (χ0) is 17.5. The van der Waals surface area contributed by atoms with Crippen LogP contribution in [0.5, 0.6) is 11.6 Å². The van der Waals surface area contributed by atoms with E-state index in [-0.39, 0.29) is 11.2 Å². The maximum absolute atomic E-state index is 12.9. The molecule has 0 N–H and O–H groups in total. The van der Waals surface area contributed by atoms with Crippen LogP contribution in [0.2, 0.25) is 0 Å². The van der Waals surface area contributed by atoms with E-state index in [1.54, 1.807) is 0 Å². The zero-order valence-electron chi connectivity index (χ0n) is 14.6. The van der Waals surface area contributed by atoms with Gasteiger partial charge in [0.2, 0.25) is 5.88 Å². The summed E-state index contributed by atoms with van der Waals surface area (Å²) in [6.45, 7) is 10.1. The Kier molecular flexibility index (Phi) is 4.14. The number of benzene rings is 1. The van der Waals surface area contributed by atoms with E-state index in [0.717, 1.165) is 17.2 Å². The van der Waals surface area contributed by atoms with Crippen LogP contribution in [0, 0.1) is 12.7 Å². The summed E-state index contributed by atoms with van der Waals surface area (Å²) in [5.41, 5.74) is 1.20. The number of aromatic nitrogens is 1. The van der Waals surface area contributed by atoms with Crippen LogP contribution >= 0.6 is 0 Å². The lowest BCUT2D eigenvalue weighted by molar-refractivity contribution is 0.00578. The molecule has 2 heterocycles. The highest BCUT2D eigenvalue weighted by Gasteiger charge is 2.52. The van der Waals surface area contributed by atoms with Crippen molar-refractivity contribution >= 4 is 12.6 Å². The normalized spacial score (nSPS) is 18.7. The molecule has 6 heteroatoms. The molecule has 1 fully saturated rings. The summed E-state index contributed by atoms with van der Waals surface area (Å²) >= 11 is 0. The third-order valence-electron chi connectivity index (χ3n) is 4.67. The van der Waals surface area contributed by atoms with E-state index in [1.165, 1.54) is 12.1 Å². The molecule has 0 spiro atoms. The smallest absolute Gasteiger partial charge is 0.439 e. The van der Waals surface area contributed by atoms with Gasteiger partial charge in [-0.2, -0.15) is 0 Å². The molecule has 1 aromatic heterocycles. The molecule has 4 nitrogen and oxygen atoms in total. The summed E-state index contributed by atoms with van der Waals surface area (Å²) in [5.74, 6) is 0.584. The molecule has 24 heavy (non-hydrogen) atoms. The van der Waals surface area contributed by atoms with E-state index in [2.05, 4.69) is 4.98 Å². The molecular formula is C18H21BFNO3. The molecule has 1 aromatic carbocycles. The topological polar surface area (TPSA) is 40.6 Å². The maximum atomic E-state index is 12.9. The largest absolute Gasteiger partial charge is 0.495 e. The van der Waals surface area contributed by atoms with E-state index in [0.29, 0.717) is 11.6 Å². The van der Waals surface area contributed by atoms with Crippen LogP contribution in [0.25, 0.3) is 0 Å². The number of rotatable bonds is 3. The van der Waals surface area contributed by atoms with Crippen molar-refractivity contribution in [1.29, 1.82) is 0 Å². The molecule has 0 unspecified atom stereocenters. The molecule has 1 saturated heterocycles. The molecule has 3 rings (SSSR count). The Morgan fingerprint density at radius 1 is 1.04 bits per heavy atom. The monoisotopic (exact) mass is 329 g/mol. The standard InChI is InChI=1S/C18H21BFNO3/c1-12-10-14(22-16-9-6-13(20)11-21-16)7-8-15(12)19-23-17(2,3)18(4,5)24-19/h6-11H,1-5H3. The molecule has 0 saturated carbocycles. The maximum Gasteiger partial charge on any atom is 0.495 e. The number of ether oxygens (including phenoxy) is 1. The number of pyridine rings is 1. The van der Waals surface area contributed by atoms with Gasteiger partial charge in [0.05, 0.1) is 17.4 Å².